The Kier molecular flexibility index (Phi) is 4.97. The van der Waals surface area contributed by atoms with Crippen molar-refractivity contribution in [2.75, 3.05) is 20.8 Å². The Morgan fingerprint density at radius 3 is 3.08 bits per heavy atom. The van der Waals surface area contributed by atoms with Crippen molar-refractivity contribution in [1.29, 1.82) is 0 Å². The van der Waals surface area contributed by atoms with E-state index >= 15 is 0 Å². The van der Waals surface area contributed by atoms with Gasteiger partial charge in [-0.1, -0.05) is 0 Å². The summed E-state index contributed by atoms with van der Waals surface area (Å²) in [6.07, 6.45) is 2.15. The minimum atomic E-state index is 0.376. The Labute approximate surface area is 83.1 Å². The average Bonchev–Trinajstić information content (AvgIpc) is 2.65. The highest BCUT2D eigenvalue weighted by atomic mass is 32.1. The van der Waals surface area contributed by atoms with Gasteiger partial charge < -0.3 is 10.1 Å². The predicted octanol–water partition coefficient (Wildman–Crippen LogP) is 1.83. The lowest BCUT2D eigenvalue weighted by Crippen LogP contribution is -2.17. The molecule has 0 amide bonds. The first-order chi connectivity index (χ1) is 6.38. The molecule has 0 spiro atoms. The lowest BCUT2D eigenvalue weighted by atomic mass is 10.1. The zero-order chi connectivity index (χ0) is 9.52. The zero-order valence-corrected chi connectivity index (χ0v) is 8.93. The third kappa shape index (κ3) is 3.42. The van der Waals surface area contributed by atoms with Gasteiger partial charge in [0, 0.05) is 19.1 Å². The molecule has 13 heavy (non-hydrogen) atoms. The molecule has 1 N–H and O–H groups in total. The number of thiazole rings is 1. The van der Waals surface area contributed by atoms with E-state index in [1.165, 1.54) is 0 Å². The second kappa shape index (κ2) is 6.07. The largest absolute Gasteiger partial charge is 0.385 e. The maximum absolute atomic E-state index is 5.01. The third-order valence-electron chi connectivity index (χ3n) is 2.00. The van der Waals surface area contributed by atoms with Crippen LogP contribution in [-0.2, 0) is 4.74 Å². The highest BCUT2D eigenvalue weighted by Crippen LogP contribution is 2.17. The summed E-state index contributed by atoms with van der Waals surface area (Å²) in [5.41, 5.74) is 3.01. The van der Waals surface area contributed by atoms with Crippen LogP contribution >= 0.6 is 11.3 Å². The highest BCUT2D eigenvalue weighted by molar-refractivity contribution is 7.07. The summed E-state index contributed by atoms with van der Waals surface area (Å²) in [6, 6.07) is 0.376. The molecule has 0 aliphatic rings. The van der Waals surface area contributed by atoms with E-state index in [2.05, 4.69) is 15.7 Å². The zero-order valence-electron chi connectivity index (χ0n) is 8.12. The summed E-state index contributed by atoms with van der Waals surface area (Å²) in [6.45, 7) is 0.822. The Morgan fingerprint density at radius 1 is 1.69 bits per heavy atom. The van der Waals surface area contributed by atoms with Gasteiger partial charge in [0.05, 0.1) is 17.2 Å². The lowest BCUT2D eigenvalue weighted by molar-refractivity contribution is 0.189. The minimum Gasteiger partial charge on any atom is -0.385 e. The van der Waals surface area contributed by atoms with Crippen LogP contribution in [0, 0.1) is 0 Å². The van der Waals surface area contributed by atoms with Gasteiger partial charge in [0.2, 0.25) is 0 Å². The molecule has 0 saturated heterocycles. The topological polar surface area (TPSA) is 34.1 Å². The molecule has 0 bridgehead atoms. The molecule has 0 fully saturated rings. The first-order valence-electron chi connectivity index (χ1n) is 4.42. The molecule has 1 atom stereocenters. The van der Waals surface area contributed by atoms with Crippen LogP contribution in [0.3, 0.4) is 0 Å². The fourth-order valence-corrected chi connectivity index (χ4v) is 1.87. The Balaban J connectivity index is 2.35. The van der Waals surface area contributed by atoms with E-state index in [9.17, 15) is 0 Å². The number of aromatic nitrogens is 1. The van der Waals surface area contributed by atoms with Crippen molar-refractivity contribution >= 4 is 11.3 Å². The third-order valence-corrected chi connectivity index (χ3v) is 2.60. The summed E-state index contributed by atoms with van der Waals surface area (Å²) >= 11 is 1.64. The van der Waals surface area contributed by atoms with E-state index in [0.717, 1.165) is 25.1 Å². The molecular weight excluding hydrogens is 184 g/mol. The molecule has 1 unspecified atom stereocenters. The van der Waals surface area contributed by atoms with E-state index in [-0.39, 0.29) is 0 Å². The molecule has 0 aliphatic heterocycles. The van der Waals surface area contributed by atoms with Gasteiger partial charge >= 0.3 is 0 Å². The van der Waals surface area contributed by atoms with Crippen LogP contribution in [0.1, 0.15) is 24.6 Å². The van der Waals surface area contributed by atoms with E-state index in [1.807, 2.05) is 12.6 Å². The van der Waals surface area contributed by atoms with Crippen molar-refractivity contribution in [2.45, 2.75) is 18.9 Å². The number of nitrogens with one attached hydrogen (secondary N) is 1. The van der Waals surface area contributed by atoms with Crippen LogP contribution in [-0.4, -0.2) is 25.7 Å². The second-order valence-corrected chi connectivity index (χ2v) is 3.61. The first kappa shape index (κ1) is 10.6. The van der Waals surface area contributed by atoms with Crippen LogP contribution in [0.25, 0.3) is 0 Å². The van der Waals surface area contributed by atoms with E-state index in [4.69, 9.17) is 4.74 Å². The van der Waals surface area contributed by atoms with Gasteiger partial charge in [0.1, 0.15) is 0 Å². The molecule has 0 radical (unpaired) electrons. The van der Waals surface area contributed by atoms with Gasteiger partial charge in [0.15, 0.2) is 0 Å². The Bertz CT molecular complexity index is 213. The number of rotatable bonds is 6. The number of hydrogen-bond acceptors (Lipinski definition) is 4. The van der Waals surface area contributed by atoms with Crippen LogP contribution in [0.2, 0.25) is 0 Å². The minimum absolute atomic E-state index is 0.376. The molecule has 4 heteroatoms. The summed E-state index contributed by atoms with van der Waals surface area (Å²) in [4.78, 5) is 4.28. The fourth-order valence-electron chi connectivity index (χ4n) is 1.27. The summed E-state index contributed by atoms with van der Waals surface area (Å²) in [5, 5.41) is 5.34. The molecular formula is C9H16N2OS. The number of methoxy groups -OCH3 is 1. The number of ether oxygens (including phenoxy) is 1. The Hall–Kier alpha value is -0.450. The lowest BCUT2D eigenvalue weighted by Gasteiger charge is -2.12. The summed E-state index contributed by atoms with van der Waals surface area (Å²) in [7, 11) is 3.70. The molecule has 74 valence electrons. The van der Waals surface area contributed by atoms with E-state index in [0.29, 0.717) is 6.04 Å². The summed E-state index contributed by atoms with van der Waals surface area (Å²) < 4.78 is 5.01. The molecule has 1 aromatic heterocycles. The van der Waals surface area contributed by atoms with Crippen LogP contribution in [0.15, 0.2) is 10.9 Å². The maximum Gasteiger partial charge on any atom is 0.0795 e. The van der Waals surface area contributed by atoms with Gasteiger partial charge in [-0.2, -0.15) is 0 Å². The maximum atomic E-state index is 5.01. The highest BCUT2D eigenvalue weighted by Gasteiger charge is 2.09. The first-order valence-corrected chi connectivity index (χ1v) is 5.37. The average molecular weight is 200 g/mol. The molecule has 0 aromatic carbocycles. The smallest absolute Gasteiger partial charge is 0.0795 e. The second-order valence-electron chi connectivity index (χ2n) is 2.89. The fraction of sp³-hybridized carbons (Fsp3) is 0.667. The standard InChI is InChI=1S/C9H16N2OS/c1-10-8(4-3-5-12-2)9-6-13-7-11-9/h6-8,10H,3-5H2,1-2H3. The molecule has 3 nitrogen and oxygen atoms in total. The molecule has 0 aliphatic carbocycles. The van der Waals surface area contributed by atoms with Gasteiger partial charge in [-0.05, 0) is 19.9 Å². The molecule has 1 heterocycles. The van der Waals surface area contributed by atoms with Crippen molar-refractivity contribution in [1.82, 2.24) is 10.3 Å². The molecule has 1 aromatic rings. The van der Waals surface area contributed by atoms with Gasteiger partial charge in [-0.25, -0.2) is 4.98 Å². The van der Waals surface area contributed by atoms with Gasteiger partial charge in [-0.15, -0.1) is 11.3 Å². The van der Waals surface area contributed by atoms with Crippen molar-refractivity contribution in [3.05, 3.63) is 16.6 Å². The van der Waals surface area contributed by atoms with E-state index < -0.39 is 0 Å². The van der Waals surface area contributed by atoms with Crippen molar-refractivity contribution in [3.63, 3.8) is 0 Å². The normalized spacial score (nSPS) is 13.1. The van der Waals surface area contributed by atoms with E-state index in [1.54, 1.807) is 18.4 Å². The van der Waals surface area contributed by atoms with Crippen LogP contribution < -0.4 is 5.32 Å². The number of nitrogens with zero attached hydrogens (tertiary/aromatic N) is 1. The Morgan fingerprint density at radius 2 is 2.54 bits per heavy atom. The quantitative estimate of drug-likeness (QED) is 0.711. The van der Waals surface area contributed by atoms with Crippen molar-refractivity contribution in [2.24, 2.45) is 0 Å². The monoisotopic (exact) mass is 200 g/mol. The summed E-state index contributed by atoms with van der Waals surface area (Å²) in [5.74, 6) is 0. The van der Waals surface area contributed by atoms with Gasteiger partial charge in [0.25, 0.3) is 0 Å². The van der Waals surface area contributed by atoms with Crippen LogP contribution in [0.4, 0.5) is 0 Å². The van der Waals surface area contributed by atoms with Gasteiger partial charge in [-0.3, -0.25) is 0 Å². The predicted molar refractivity (Wildman–Crippen MR) is 55.0 cm³/mol. The molecule has 1 rings (SSSR count). The number of hydrogen-bond donors (Lipinski definition) is 1. The van der Waals surface area contributed by atoms with Crippen molar-refractivity contribution < 1.29 is 4.74 Å². The SMILES string of the molecule is CNC(CCCOC)c1cscn1. The van der Waals surface area contributed by atoms with Crippen molar-refractivity contribution in [3.8, 4) is 0 Å². The molecule has 0 saturated carbocycles. The van der Waals surface area contributed by atoms with Crippen LogP contribution in [0.5, 0.6) is 0 Å².